The summed E-state index contributed by atoms with van der Waals surface area (Å²) in [6.07, 6.45) is 1.10. The Morgan fingerprint density at radius 3 is 2.59 bits per heavy atom. The molecule has 0 fully saturated rings. The molecule has 0 radical (unpaired) electrons. The Bertz CT molecular complexity index is 493. The van der Waals surface area contributed by atoms with Gasteiger partial charge in [0.05, 0.1) is 0 Å². The summed E-state index contributed by atoms with van der Waals surface area (Å²) in [5.74, 6) is 0. The first kappa shape index (κ1) is 12.6. The predicted molar refractivity (Wildman–Crippen MR) is 77.8 cm³/mol. The lowest BCUT2D eigenvalue weighted by Crippen LogP contribution is -2.39. The third-order valence-corrected chi connectivity index (χ3v) is 4.39. The normalized spacial score (nSPS) is 14.1. The van der Waals surface area contributed by atoms with Crippen molar-refractivity contribution in [3.8, 4) is 0 Å². The first-order valence-electron chi connectivity index (χ1n) is 6.15. The van der Waals surface area contributed by atoms with Crippen molar-refractivity contribution in [3.63, 3.8) is 0 Å². The van der Waals surface area contributed by atoms with E-state index in [4.69, 9.17) is 0 Å². The van der Waals surface area contributed by atoms with Crippen molar-refractivity contribution in [1.29, 1.82) is 0 Å². The Morgan fingerprint density at radius 1 is 1.24 bits per heavy atom. The van der Waals surface area contributed by atoms with Crippen molar-refractivity contribution in [1.82, 2.24) is 5.32 Å². The number of benzene rings is 1. The molecule has 1 aromatic heterocycles. The third kappa shape index (κ3) is 2.70. The van der Waals surface area contributed by atoms with Crippen molar-refractivity contribution in [2.24, 2.45) is 5.41 Å². The number of hydrogen-bond donors (Lipinski definition) is 1. The maximum atomic E-state index is 3.45. The monoisotopic (exact) mass is 247 g/mol. The largest absolute Gasteiger partial charge is 0.316 e. The molecule has 0 aliphatic heterocycles. The number of fused-ring (bicyclic) bond motifs is 1. The Morgan fingerprint density at radius 2 is 1.94 bits per heavy atom. The molecule has 0 spiro atoms. The summed E-state index contributed by atoms with van der Waals surface area (Å²) in [7, 11) is 2.06. The highest BCUT2D eigenvalue weighted by Crippen LogP contribution is 2.29. The van der Waals surface area contributed by atoms with Gasteiger partial charge in [0.15, 0.2) is 0 Å². The van der Waals surface area contributed by atoms with Crippen molar-refractivity contribution < 1.29 is 0 Å². The molecule has 1 nitrogen and oxygen atoms in total. The van der Waals surface area contributed by atoms with Gasteiger partial charge >= 0.3 is 0 Å². The van der Waals surface area contributed by atoms with Crippen LogP contribution in [0.5, 0.6) is 0 Å². The number of hydrogen-bond acceptors (Lipinski definition) is 2. The molecular weight excluding hydrogens is 226 g/mol. The lowest BCUT2D eigenvalue weighted by Gasteiger charge is -2.30. The van der Waals surface area contributed by atoms with Crippen LogP contribution in [0, 0.1) is 5.41 Å². The van der Waals surface area contributed by atoms with Gasteiger partial charge < -0.3 is 5.32 Å². The zero-order valence-corrected chi connectivity index (χ0v) is 11.9. The lowest BCUT2D eigenvalue weighted by atomic mass is 9.83. The van der Waals surface area contributed by atoms with Gasteiger partial charge in [-0.2, -0.15) is 0 Å². The number of nitrogens with one attached hydrogen (secondary N) is 1. The topological polar surface area (TPSA) is 12.0 Å². The highest BCUT2D eigenvalue weighted by molar-refractivity contribution is 7.17. The zero-order chi connectivity index (χ0) is 12.5. The minimum absolute atomic E-state index is 0.289. The van der Waals surface area contributed by atoms with Gasteiger partial charge in [-0.25, -0.2) is 0 Å². The van der Waals surface area contributed by atoms with Gasteiger partial charge in [-0.3, -0.25) is 0 Å². The highest BCUT2D eigenvalue weighted by atomic mass is 32.1. The molecule has 0 bridgehead atoms. The van der Waals surface area contributed by atoms with Gasteiger partial charge in [0.1, 0.15) is 0 Å². The molecule has 1 atom stereocenters. The molecule has 1 heterocycles. The van der Waals surface area contributed by atoms with Crippen LogP contribution < -0.4 is 5.32 Å². The third-order valence-electron chi connectivity index (χ3n) is 3.38. The Labute approximate surface area is 108 Å². The molecule has 2 rings (SSSR count). The first-order valence-corrected chi connectivity index (χ1v) is 7.02. The summed E-state index contributed by atoms with van der Waals surface area (Å²) in [5.41, 5.74) is 1.76. The summed E-state index contributed by atoms with van der Waals surface area (Å²) in [5, 5.41) is 7.17. The SMILES string of the molecule is CNC(Cc1csc2ccccc12)C(C)(C)C. The van der Waals surface area contributed by atoms with Gasteiger partial charge in [-0.1, -0.05) is 39.0 Å². The summed E-state index contributed by atoms with van der Waals surface area (Å²) in [6.45, 7) is 6.88. The fraction of sp³-hybridized carbons (Fsp3) is 0.467. The number of thiophene rings is 1. The smallest absolute Gasteiger partial charge is 0.0345 e. The molecule has 0 saturated heterocycles. The molecule has 92 valence electrons. The molecule has 0 amide bonds. The second-order valence-corrected chi connectivity index (χ2v) is 6.58. The van der Waals surface area contributed by atoms with Gasteiger partial charge in [0.25, 0.3) is 0 Å². The molecule has 0 saturated carbocycles. The van der Waals surface area contributed by atoms with Crippen LogP contribution in [0.15, 0.2) is 29.6 Å². The van der Waals surface area contributed by atoms with Gasteiger partial charge in [0.2, 0.25) is 0 Å². The minimum Gasteiger partial charge on any atom is -0.316 e. The van der Waals surface area contributed by atoms with E-state index in [2.05, 4.69) is 62.8 Å². The standard InChI is InChI=1S/C15H21NS/c1-15(2,3)14(16-4)9-11-10-17-13-8-6-5-7-12(11)13/h5-8,10,14,16H,9H2,1-4H3. The van der Waals surface area contributed by atoms with Crippen LogP contribution in [0.25, 0.3) is 10.1 Å². The summed E-state index contributed by atoms with van der Waals surface area (Å²) < 4.78 is 1.39. The van der Waals surface area contributed by atoms with Gasteiger partial charge in [-0.05, 0) is 41.3 Å². The van der Waals surface area contributed by atoms with Gasteiger partial charge in [-0.15, -0.1) is 11.3 Å². The Balaban J connectivity index is 2.29. The van der Waals surface area contributed by atoms with Crippen molar-refractivity contribution in [3.05, 3.63) is 35.2 Å². The minimum atomic E-state index is 0.289. The van der Waals surface area contributed by atoms with Crippen molar-refractivity contribution in [2.45, 2.75) is 33.2 Å². The van der Waals surface area contributed by atoms with Crippen LogP contribution in [0.4, 0.5) is 0 Å². The van der Waals surface area contributed by atoms with E-state index in [1.54, 1.807) is 0 Å². The number of likely N-dealkylation sites (N-methyl/N-ethyl adjacent to an activating group) is 1. The second-order valence-electron chi connectivity index (χ2n) is 5.67. The molecular formula is C15H21NS. The van der Waals surface area contributed by atoms with Crippen LogP contribution in [0.3, 0.4) is 0 Å². The Kier molecular flexibility index (Phi) is 3.55. The molecule has 1 unspecified atom stereocenters. The van der Waals surface area contributed by atoms with Crippen molar-refractivity contribution >= 4 is 21.4 Å². The van der Waals surface area contributed by atoms with Crippen LogP contribution in [-0.2, 0) is 6.42 Å². The van der Waals surface area contributed by atoms with E-state index >= 15 is 0 Å². The molecule has 1 N–H and O–H groups in total. The predicted octanol–water partition coefficient (Wildman–Crippen LogP) is 4.08. The van der Waals surface area contributed by atoms with Crippen LogP contribution in [0.1, 0.15) is 26.3 Å². The van der Waals surface area contributed by atoms with Crippen LogP contribution in [0.2, 0.25) is 0 Å². The molecule has 0 aliphatic rings. The Hall–Kier alpha value is -0.860. The first-order chi connectivity index (χ1) is 8.02. The lowest BCUT2D eigenvalue weighted by molar-refractivity contribution is 0.280. The van der Waals surface area contributed by atoms with E-state index in [-0.39, 0.29) is 5.41 Å². The van der Waals surface area contributed by atoms with Gasteiger partial charge in [0, 0.05) is 10.7 Å². The summed E-state index contributed by atoms with van der Waals surface area (Å²) in [4.78, 5) is 0. The average molecular weight is 247 g/mol. The zero-order valence-electron chi connectivity index (χ0n) is 11.1. The maximum absolute atomic E-state index is 3.45. The summed E-state index contributed by atoms with van der Waals surface area (Å²) >= 11 is 1.85. The fourth-order valence-corrected chi connectivity index (χ4v) is 3.23. The van der Waals surface area contributed by atoms with E-state index < -0.39 is 0 Å². The van der Waals surface area contributed by atoms with E-state index in [0.29, 0.717) is 6.04 Å². The van der Waals surface area contributed by atoms with E-state index in [1.165, 1.54) is 15.6 Å². The second kappa shape index (κ2) is 4.79. The van der Waals surface area contributed by atoms with E-state index in [9.17, 15) is 0 Å². The molecule has 1 aromatic carbocycles. The quantitative estimate of drug-likeness (QED) is 0.862. The maximum Gasteiger partial charge on any atom is 0.0345 e. The fourth-order valence-electron chi connectivity index (χ4n) is 2.25. The molecule has 0 aliphatic carbocycles. The van der Waals surface area contributed by atoms with E-state index in [1.807, 2.05) is 11.3 Å². The van der Waals surface area contributed by atoms with Crippen molar-refractivity contribution in [2.75, 3.05) is 7.05 Å². The van der Waals surface area contributed by atoms with E-state index in [0.717, 1.165) is 6.42 Å². The molecule has 2 aromatic rings. The average Bonchev–Trinajstić information content (AvgIpc) is 2.67. The number of rotatable bonds is 3. The van der Waals surface area contributed by atoms with Crippen LogP contribution in [-0.4, -0.2) is 13.1 Å². The van der Waals surface area contributed by atoms with Crippen LogP contribution >= 0.6 is 11.3 Å². The summed E-state index contributed by atoms with van der Waals surface area (Å²) in [6, 6.07) is 9.19. The molecule has 17 heavy (non-hydrogen) atoms. The highest BCUT2D eigenvalue weighted by Gasteiger charge is 2.23. The molecule has 2 heteroatoms.